The minimum atomic E-state index is -0.109. The van der Waals surface area contributed by atoms with Crippen LogP contribution in [0.2, 0.25) is 0 Å². The summed E-state index contributed by atoms with van der Waals surface area (Å²) in [5.41, 5.74) is 3.36. The molecule has 0 spiro atoms. The summed E-state index contributed by atoms with van der Waals surface area (Å²) in [4.78, 5) is 19.5. The Morgan fingerprint density at radius 2 is 1.96 bits per heavy atom. The van der Waals surface area contributed by atoms with Crippen molar-refractivity contribution < 1.29 is 0 Å². The van der Waals surface area contributed by atoms with Crippen molar-refractivity contribution in [2.45, 2.75) is 33.7 Å². The predicted molar refractivity (Wildman–Crippen MR) is 94.6 cm³/mol. The monoisotopic (exact) mass is 323 g/mol. The molecule has 0 bridgehead atoms. The minimum absolute atomic E-state index is 0.109. The zero-order chi connectivity index (χ0) is 17.1. The fourth-order valence-electron chi connectivity index (χ4n) is 2.69. The summed E-state index contributed by atoms with van der Waals surface area (Å²) in [6.45, 7) is 6.38. The number of nitrogens with zero attached hydrogens (tertiary/aromatic N) is 3. The molecular formula is C18H21N5O. The SMILES string of the molecule is CCc1c(C)nc(-n2nc(C)cc2NCc2ccccc2)[nH]c1=O. The van der Waals surface area contributed by atoms with Crippen LogP contribution in [0.5, 0.6) is 0 Å². The zero-order valence-corrected chi connectivity index (χ0v) is 14.1. The fourth-order valence-corrected chi connectivity index (χ4v) is 2.69. The van der Waals surface area contributed by atoms with E-state index in [0.29, 0.717) is 24.5 Å². The second-order valence-corrected chi connectivity index (χ2v) is 5.73. The van der Waals surface area contributed by atoms with E-state index in [1.807, 2.05) is 45.0 Å². The van der Waals surface area contributed by atoms with Gasteiger partial charge in [-0.15, -0.1) is 0 Å². The minimum Gasteiger partial charge on any atom is -0.366 e. The van der Waals surface area contributed by atoms with Gasteiger partial charge in [0.25, 0.3) is 5.56 Å². The van der Waals surface area contributed by atoms with Gasteiger partial charge in [0, 0.05) is 23.9 Å². The second kappa shape index (κ2) is 6.70. The standard InChI is InChI=1S/C18H21N5O/c1-4-15-13(3)20-18(21-17(15)24)23-16(10-12(2)22-23)19-11-14-8-6-5-7-9-14/h5-10,19H,4,11H2,1-3H3,(H,20,21,24). The Morgan fingerprint density at radius 1 is 1.21 bits per heavy atom. The first-order chi connectivity index (χ1) is 11.6. The molecule has 6 heteroatoms. The van der Waals surface area contributed by atoms with Gasteiger partial charge in [-0.3, -0.25) is 9.78 Å². The molecule has 0 aliphatic heterocycles. The number of aryl methyl sites for hydroxylation is 2. The number of aromatic nitrogens is 4. The van der Waals surface area contributed by atoms with E-state index in [1.54, 1.807) is 4.68 Å². The molecule has 0 saturated carbocycles. The first kappa shape index (κ1) is 16.0. The molecule has 0 fully saturated rings. The van der Waals surface area contributed by atoms with Crippen molar-refractivity contribution in [2.75, 3.05) is 5.32 Å². The van der Waals surface area contributed by atoms with Crippen LogP contribution >= 0.6 is 0 Å². The van der Waals surface area contributed by atoms with Gasteiger partial charge in [0.2, 0.25) is 5.95 Å². The molecule has 2 heterocycles. The molecule has 0 amide bonds. The second-order valence-electron chi connectivity index (χ2n) is 5.73. The van der Waals surface area contributed by atoms with Crippen LogP contribution in [0.1, 0.15) is 29.4 Å². The summed E-state index contributed by atoms with van der Waals surface area (Å²) in [5.74, 6) is 1.22. The molecule has 6 nitrogen and oxygen atoms in total. The molecule has 2 aromatic heterocycles. The van der Waals surface area contributed by atoms with Crippen LogP contribution in [0.4, 0.5) is 5.82 Å². The molecule has 0 atom stereocenters. The molecular weight excluding hydrogens is 302 g/mol. The van der Waals surface area contributed by atoms with Crippen molar-refractivity contribution in [2.24, 2.45) is 0 Å². The number of hydrogen-bond acceptors (Lipinski definition) is 4. The Balaban J connectivity index is 1.93. The average molecular weight is 323 g/mol. The van der Waals surface area contributed by atoms with Crippen molar-refractivity contribution in [1.29, 1.82) is 0 Å². The number of nitrogens with one attached hydrogen (secondary N) is 2. The highest BCUT2D eigenvalue weighted by Gasteiger charge is 2.12. The molecule has 24 heavy (non-hydrogen) atoms. The van der Waals surface area contributed by atoms with E-state index < -0.39 is 0 Å². The van der Waals surface area contributed by atoms with Crippen LogP contribution < -0.4 is 10.9 Å². The van der Waals surface area contributed by atoms with E-state index in [9.17, 15) is 4.79 Å². The predicted octanol–water partition coefficient (Wildman–Crippen LogP) is 2.75. The van der Waals surface area contributed by atoms with Crippen LogP contribution in [-0.2, 0) is 13.0 Å². The maximum absolute atomic E-state index is 12.2. The highest BCUT2D eigenvalue weighted by molar-refractivity contribution is 5.42. The van der Waals surface area contributed by atoms with Crippen molar-refractivity contribution in [3.05, 3.63) is 69.3 Å². The van der Waals surface area contributed by atoms with Gasteiger partial charge < -0.3 is 5.32 Å². The Bertz CT molecular complexity index is 896. The molecule has 3 aromatic rings. The van der Waals surface area contributed by atoms with Crippen molar-refractivity contribution in [3.63, 3.8) is 0 Å². The number of H-pyrrole nitrogens is 1. The van der Waals surface area contributed by atoms with Crippen LogP contribution in [-0.4, -0.2) is 19.7 Å². The molecule has 124 valence electrons. The lowest BCUT2D eigenvalue weighted by Crippen LogP contribution is -2.20. The van der Waals surface area contributed by atoms with Crippen molar-refractivity contribution in [3.8, 4) is 5.95 Å². The molecule has 0 saturated heterocycles. The largest absolute Gasteiger partial charge is 0.366 e. The summed E-state index contributed by atoms with van der Waals surface area (Å²) in [6.07, 6.45) is 0.658. The lowest BCUT2D eigenvalue weighted by atomic mass is 10.2. The molecule has 3 rings (SSSR count). The highest BCUT2D eigenvalue weighted by atomic mass is 16.1. The highest BCUT2D eigenvalue weighted by Crippen LogP contribution is 2.15. The van der Waals surface area contributed by atoms with Gasteiger partial charge in [-0.25, -0.2) is 4.98 Å². The number of rotatable bonds is 5. The van der Waals surface area contributed by atoms with Gasteiger partial charge in [-0.05, 0) is 25.8 Å². The molecule has 2 N–H and O–H groups in total. The fraction of sp³-hybridized carbons (Fsp3) is 0.278. The number of hydrogen-bond donors (Lipinski definition) is 2. The van der Waals surface area contributed by atoms with Gasteiger partial charge >= 0.3 is 0 Å². The lowest BCUT2D eigenvalue weighted by Gasteiger charge is -2.10. The van der Waals surface area contributed by atoms with E-state index in [4.69, 9.17) is 0 Å². The summed E-state index contributed by atoms with van der Waals surface area (Å²) in [7, 11) is 0. The average Bonchev–Trinajstić information content (AvgIpc) is 2.94. The summed E-state index contributed by atoms with van der Waals surface area (Å²) in [5, 5.41) is 7.81. The molecule has 0 aliphatic carbocycles. The van der Waals surface area contributed by atoms with E-state index in [1.165, 1.54) is 5.56 Å². The van der Waals surface area contributed by atoms with Gasteiger partial charge in [-0.1, -0.05) is 37.3 Å². The van der Waals surface area contributed by atoms with Gasteiger partial charge in [0.15, 0.2) is 0 Å². The summed E-state index contributed by atoms with van der Waals surface area (Å²) in [6, 6.07) is 12.1. The van der Waals surface area contributed by atoms with Crippen molar-refractivity contribution >= 4 is 5.82 Å². The number of aromatic amines is 1. The smallest absolute Gasteiger partial charge is 0.255 e. The third-order valence-electron chi connectivity index (χ3n) is 3.91. The van der Waals surface area contributed by atoms with E-state index >= 15 is 0 Å². The Labute approximate surface area is 140 Å². The van der Waals surface area contributed by atoms with Gasteiger partial charge in [0.1, 0.15) is 5.82 Å². The third kappa shape index (κ3) is 3.22. The zero-order valence-electron chi connectivity index (χ0n) is 14.1. The maximum atomic E-state index is 12.2. The van der Waals surface area contributed by atoms with Crippen LogP contribution in [0.15, 0.2) is 41.2 Å². The first-order valence-corrected chi connectivity index (χ1v) is 8.03. The number of anilines is 1. The van der Waals surface area contributed by atoms with E-state index in [0.717, 1.165) is 17.2 Å². The molecule has 1 aromatic carbocycles. The summed E-state index contributed by atoms with van der Waals surface area (Å²) < 4.78 is 1.64. The lowest BCUT2D eigenvalue weighted by molar-refractivity contribution is 0.775. The van der Waals surface area contributed by atoms with Crippen LogP contribution in [0, 0.1) is 13.8 Å². The number of benzene rings is 1. The molecule has 0 unspecified atom stereocenters. The van der Waals surface area contributed by atoms with Gasteiger partial charge in [0.05, 0.1) is 5.69 Å². The maximum Gasteiger partial charge on any atom is 0.255 e. The molecule has 0 aliphatic rings. The molecule has 0 radical (unpaired) electrons. The Kier molecular flexibility index (Phi) is 4.46. The van der Waals surface area contributed by atoms with Crippen molar-refractivity contribution in [1.82, 2.24) is 19.7 Å². The first-order valence-electron chi connectivity index (χ1n) is 8.03. The quantitative estimate of drug-likeness (QED) is 0.757. The Morgan fingerprint density at radius 3 is 2.62 bits per heavy atom. The summed E-state index contributed by atoms with van der Waals surface area (Å²) >= 11 is 0. The third-order valence-corrected chi connectivity index (χ3v) is 3.91. The van der Waals surface area contributed by atoms with Crippen LogP contribution in [0.25, 0.3) is 5.95 Å². The van der Waals surface area contributed by atoms with Gasteiger partial charge in [-0.2, -0.15) is 9.78 Å². The van der Waals surface area contributed by atoms with Crippen LogP contribution in [0.3, 0.4) is 0 Å². The van der Waals surface area contributed by atoms with E-state index in [-0.39, 0.29) is 5.56 Å². The Hall–Kier alpha value is -2.89. The normalized spacial score (nSPS) is 10.8. The van der Waals surface area contributed by atoms with E-state index in [2.05, 4.69) is 32.5 Å². The topological polar surface area (TPSA) is 75.6 Å².